The monoisotopic (exact) mass is 174 g/mol. The van der Waals surface area contributed by atoms with Crippen molar-refractivity contribution in [3.8, 4) is 0 Å². The largest absolute Gasteiger partial charge is 0.385 e. The predicted molar refractivity (Wildman–Crippen MR) is 42.2 cm³/mol. The van der Waals surface area contributed by atoms with Crippen molar-refractivity contribution in [3.63, 3.8) is 0 Å². The molecule has 0 aliphatic heterocycles. The zero-order valence-electron chi connectivity index (χ0n) is 6.43. The van der Waals surface area contributed by atoms with Gasteiger partial charge in [0.1, 0.15) is 0 Å². The van der Waals surface area contributed by atoms with Gasteiger partial charge in [0, 0.05) is 13.5 Å². The Bertz CT molecular complexity index is 322. The number of hydrogen-bond acceptors (Lipinski definition) is 3. The van der Waals surface area contributed by atoms with Crippen LogP contribution in [0.5, 0.6) is 0 Å². The Morgan fingerprint density at radius 3 is 2.36 bits per heavy atom. The molecule has 11 heavy (non-hydrogen) atoms. The molecule has 0 aromatic heterocycles. The van der Waals surface area contributed by atoms with E-state index in [0.717, 1.165) is 12.0 Å². The lowest BCUT2D eigenvalue weighted by molar-refractivity contribution is 0.592. The molecule has 0 saturated heterocycles. The average Bonchev–Trinajstić information content (AvgIpc) is 1.75. The van der Waals surface area contributed by atoms with Gasteiger partial charge in [0.2, 0.25) is 10.0 Å². The summed E-state index contributed by atoms with van der Waals surface area (Å²) in [6.45, 7) is 0. The van der Waals surface area contributed by atoms with Gasteiger partial charge >= 0.3 is 0 Å². The molecule has 0 spiro atoms. The summed E-state index contributed by atoms with van der Waals surface area (Å²) in [6, 6.07) is 0. The summed E-state index contributed by atoms with van der Waals surface area (Å²) in [5.41, 5.74) is 4.37. The molecule has 0 saturated carbocycles. The fourth-order valence-corrected chi connectivity index (χ4v) is 1.35. The summed E-state index contributed by atoms with van der Waals surface area (Å²) in [4.78, 5) is 0. The molecular formula is C6H10N2O2S. The minimum atomic E-state index is -3.11. The molecule has 0 aromatic carbocycles. The first-order valence-electron chi connectivity index (χ1n) is 3.15. The van der Waals surface area contributed by atoms with E-state index in [1.54, 1.807) is 7.05 Å². The number of sulfonamides is 1. The second-order valence-electron chi connectivity index (χ2n) is 2.38. The lowest BCUT2D eigenvalue weighted by Gasteiger charge is -2.15. The Labute approximate surface area is 66.0 Å². The zero-order valence-corrected chi connectivity index (χ0v) is 7.25. The molecule has 62 valence electrons. The van der Waals surface area contributed by atoms with Crippen LogP contribution in [0.1, 0.15) is 6.42 Å². The standard InChI is InChI=1S/C6H10N2O2S/c1-7-5-3-6(4-5)8-11(2,9)10/h7-8H,3H2,1-2H3. The van der Waals surface area contributed by atoms with Gasteiger partial charge in [-0.3, -0.25) is 4.72 Å². The lowest BCUT2D eigenvalue weighted by atomic mass is 10.1. The summed E-state index contributed by atoms with van der Waals surface area (Å²) in [5, 5.41) is 2.87. The first-order valence-corrected chi connectivity index (χ1v) is 5.04. The molecule has 0 heterocycles. The van der Waals surface area contributed by atoms with Crippen molar-refractivity contribution in [1.29, 1.82) is 0 Å². The normalized spacial score (nSPS) is 16.2. The number of nitrogens with one attached hydrogen (secondary N) is 2. The van der Waals surface area contributed by atoms with Crippen LogP contribution < -0.4 is 10.0 Å². The minimum absolute atomic E-state index is 0.622. The van der Waals surface area contributed by atoms with Gasteiger partial charge in [-0.2, -0.15) is 0 Å². The van der Waals surface area contributed by atoms with E-state index in [2.05, 4.69) is 15.8 Å². The van der Waals surface area contributed by atoms with Crippen LogP contribution in [-0.4, -0.2) is 21.7 Å². The van der Waals surface area contributed by atoms with E-state index in [1.807, 2.05) is 0 Å². The van der Waals surface area contributed by atoms with Crippen LogP contribution in [0.4, 0.5) is 0 Å². The fourth-order valence-electron chi connectivity index (χ4n) is 0.777. The second-order valence-corrected chi connectivity index (χ2v) is 4.13. The molecule has 0 unspecified atom stereocenters. The Morgan fingerprint density at radius 2 is 2.00 bits per heavy atom. The average molecular weight is 174 g/mol. The van der Waals surface area contributed by atoms with Gasteiger partial charge in [-0.15, -0.1) is 0 Å². The maximum Gasteiger partial charge on any atom is 0.230 e. The van der Waals surface area contributed by atoms with Crippen molar-refractivity contribution in [2.75, 3.05) is 13.3 Å². The van der Waals surface area contributed by atoms with Crippen molar-refractivity contribution in [2.24, 2.45) is 0 Å². The molecule has 1 rings (SSSR count). The first-order chi connectivity index (χ1) is 5.01. The molecule has 0 bridgehead atoms. The van der Waals surface area contributed by atoms with Crippen LogP contribution in [0.3, 0.4) is 0 Å². The Hall–Kier alpha value is -0.930. The predicted octanol–water partition coefficient (Wildman–Crippen LogP) is -0.475. The van der Waals surface area contributed by atoms with Gasteiger partial charge in [0.05, 0.1) is 17.6 Å². The highest BCUT2D eigenvalue weighted by molar-refractivity contribution is 7.88. The summed E-state index contributed by atoms with van der Waals surface area (Å²) >= 11 is 0. The van der Waals surface area contributed by atoms with Gasteiger partial charge in [-0.05, 0) is 0 Å². The summed E-state index contributed by atoms with van der Waals surface area (Å²) in [6.07, 6.45) is 1.75. The Balaban J connectivity index is 2.64. The maximum atomic E-state index is 10.6. The third-order valence-electron chi connectivity index (χ3n) is 1.27. The van der Waals surface area contributed by atoms with Gasteiger partial charge in [-0.25, -0.2) is 8.42 Å². The summed E-state index contributed by atoms with van der Waals surface area (Å²) < 4.78 is 23.6. The first kappa shape index (κ1) is 8.17. The molecule has 0 radical (unpaired) electrons. The Kier molecular flexibility index (Phi) is 1.93. The molecule has 0 fully saturated rings. The van der Waals surface area contributed by atoms with Crippen molar-refractivity contribution < 1.29 is 8.42 Å². The van der Waals surface area contributed by atoms with E-state index >= 15 is 0 Å². The SMILES string of the molecule is CNC1=C=C(NS(C)(=O)=O)C1. The molecule has 0 aromatic rings. The van der Waals surface area contributed by atoms with Gasteiger partial charge in [0.15, 0.2) is 0 Å². The van der Waals surface area contributed by atoms with E-state index in [0.29, 0.717) is 12.1 Å². The molecule has 1 aliphatic rings. The molecular weight excluding hydrogens is 164 g/mol. The molecule has 1 aliphatic carbocycles. The summed E-state index contributed by atoms with van der Waals surface area (Å²) in [7, 11) is -1.33. The van der Waals surface area contributed by atoms with E-state index in [9.17, 15) is 8.42 Å². The van der Waals surface area contributed by atoms with Crippen molar-refractivity contribution in [3.05, 3.63) is 17.1 Å². The zero-order chi connectivity index (χ0) is 8.48. The van der Waals surface area contributed by atoms with Gasteiger partial charge in [-0.1, -0.05) is 5.73 Å². The van der Waals surface area contributed by atoms with E-state index in [1.165, 1.54) is 0 Å². The molecule has 4 nitrogen and oxygen atoms in total. The van der Waals surface area contributed by atoms with Crippen LogP contribution in [0, 0.1) is 0 Å². The summed E-state index contributed by atoms with van der Waals surface area (Å²) in [5.74, 6) is 0. The molecule has 0 atom stereocenters. The van der Waals surface area contributed by atoms with E-state index in [-0.39, 0.29) is 0 Å². The van der Waals surface area contributed by atoms with Crippen LogP contribution in [0.2, 0.25) is 0 Å². The van der Waals surface area contributed by atoms with Crippen LogP contribution >= 0.6 is 0 Å². The Morgan fingerprint density at radius 1 is 1.45 bits per heavy atom. The van der Waals surface area contributed by atoms with Gasteiger partial charge in [0.25, 0.3) is 0 Å². The fraction of sp³-hybridized carbons (Fsp3) is 0.500. The molecule has 5 heteroatoms. The third-order valence-corrected chi connectivity index (χ3v) is 1.88. The highest BCUT2D eigenvalue weighted by atomic mass is 32.2. The minimum Gasteiger partial charge on any atom is -0.385 e. The molecule has 0 amide bonds. The number of hydrogen-bond donors (Lipinski definition) is 2. The second kappa shape index (κ2) is 2.60. The quantitative estimate of drug-likeness (QED) is 0.568. The topological polar surface area (TPSA) is 58.2 Å². The highest BCUT2D eigenvalue weighted by Gasteiger charge is 2.12. The van der Waals surface area contributed by atoms with Gasteiger partial charge < -0.3 is 5.32 Å². The van der Waals surface area contributed by atoms with Crippen molar-refractivity contribution in [2.45, 2.75) is 6.42 Å². The van der Waals surface area contributed by atoms with Crippen LogP contribution in [-0.2, 0) is 10.0 Å². The van der Waals surface area contributed by atoms with Crippen molar-refractivity contribution in [1.82, 2.24) is 10.0 Å². The highest BCUT2D eigenvalue weighted by Crippen LogP contribution is 2.13. The smallest absolute Gasteiger partial charge is 0.230 e. The lowest BCUT2D eigenvalue weighted by Crippen LogP contribution is -2.26. The maximum absolute atomic E-state index is 10.6. The molecule has 2 N–H and O–H groups in total. The van der Waals surface area contributed by atoms with Crippen LogP contribution in [0.25, 0.3) is 0 Å². The van der Waals surface area contributed by atoms with Crippen LogP contribution in [0.15, 0.2) is 17.1 Å². The van der Waals surface area contributed by atoms with E-state index < -0.39 is 10.0 Å². The van der Waals surface area contributed by atoms with Crippen molar-refractivity contribution >= 4 is 10.0 Å². The third kappa shape index (κ3) is 2.29. The number of rotatable bonds is 3. The van der Waals surface area contributed by atoms with E-state index in [4.69, 9.17) is 0 Å².